The van der Waals surface area contributed by atoms with Crippen LogP contribution in [-0.2, 0) is 6.42 Å². The summed E-state index contributed by atoms with van der Waals surface area (Å²) in [6.07, 6.45) is 2.43. The van der Waals surface area contributed by atoms with Crippen molar-refractivity contribution in [3.63, 3.8) is 0 Å². The Balaban J connectivity index is 1.95. The Kier molecular flexibility index (Phi) is 2.33. The third kappa shape index (κ3) is 1.62. The zero-order chi connectivity index (χ0) is 10.3. The number of aryl methyl sites for hydroxylation is 1. The zero-order valence-corrected chi connectivity index (χ0v) is 9.43. The van der Waals surface area contributed by atoms with E-state index < -0.39 is 0 Å². The molecule has 0 spiro atoms. The molecule has 2 aliphatic heterocycles. The molecular formula is C12H15ClN2. The molecule has 0 bridgehead atoms. The van der Waals surface area contributed by atoms with Gasteiger partial charge in [-0.15, -0.1) is 0 Å². The molecule has 2 nitrogen and oxygen atoms in total. The summed E-state index contributed by atoms with van der Waals surface area (Å²) >= 11 is 6.02. The van der Waals surface area contributed by atoms with E-state index in [0.717, 1.165) is 18.1 Å². The van der Waals surface area contributed by atoms with Gasteiger partial charge in [0.15, 0.2) is 0 Å². The number of nitrogens with zero attached hydrogens (tertiary/aromatic N) is 1. The molecule has 3 rings (SSSR count). The van der Waals surface area contributed by atoms with Crippen LogP contribution in [-0.4, -0.2) is 25.7 Å². The van der Waals surface area contributed by atoms with Crippen LogP contribution in [0, 0.1) is 0 Å². The first-order valence-corrected chi connectivity index (χ1v) is 5.98. The van der Waals surface area contributed by atoms with E-state index in [2.05, 4.69) is 22.3 Å². The second-order valence-electron chi connectivity index (χ2n) is 4.38. The Morgan fingerprint density at radius 2 is 2.20 bits per heavy atom. The van der Waals surface area contributed by atoms with Crippen molar-refractivity contribution in [2.24, 2.45) is 0 Å². The fourth-order valence-corrected chi connectivity index (χ4v) is 2.66. The normalized spacial score (nSPS) is 21.0. The van der Waals surface area contributed by atoms with E-state index in [1.54, 1.807) is 0 Å². The minimum atomic E-state index is 0.699. The van der Waals surface area contributed by atoms with E-state index in [-0.39, 0.29) is 0 Å². The van der Waals surface area contributed by atoms with Crippen molar-refractivity contribution < 1.29 is 0 Å². The van der Waals surface area contributed by atoms with Crippen molar-refractivity contribution in [2.45, 2.75) is 18.9 Å². The van der Waals surface area contributed by atoms with E-state index in [1.165, 1.54) is 30.6 Å². The van der Waals surface area contributed by atoms with Gasteiger partial charge in [-0.05, 0) is 36.6 Å². The quantitative estimate of drug-likeness (QED) is 0.783. The van der Waals surface area contributed by atoms with Gasteiger partial charge in [0, 0.05) is 30.3 Å². The minimum Gasteiger partial charge on any atom is -0.366 e. The molecule has 1 aromatic carbocycles. The fraction of sp³-hybridized carbons (Fsp3) is 0.500. The van der Waals surface area contributed by atoms with Gasteiger partial charge in [-0.25, -0.2) is 0 Å². The molecular weight excluding hydrogens is 208 g/mol. The Labute approximate surface area is 95.2 Å². The summed E-state index contributed by atoms with van der Waals surface area (Å²) in [4.78, 5) is 2.53. The van der Waals surface area contributed by atoms with Crippen LogP contribution in [0.4, 0.5) is 5.69 Å². The average Bonchev–Trinajstić information content (AvgIpc) is 2.15. The van der Waals surface area contributed by atoms with Crippen LogP contribution in [0.3, 0.4) is 0 Å². The minimum absolute atomic E-state index is 0.699. The average molecular weight is 223 g/mol. The zero-order valence-electron chi connectivity index (χ0n) is 8.67. The third-order valence-electron chi connectivity index (χ3n) is 3.40. The second-order valence-corrected chi connectivity index (χ2v) is 4.82. The molecule has 80 valence electrons. The Bertz CT molecular complexity index is 374. The lowest BCUT2D eigenvalue weighted by molar-refractivity contribution is 0.405. The standard InChI is InChI=1S/C12H15ClN2/c13-10-3-4-12-9(6-10)2-1-5-15(12)11-7-14-8-11/h3-4,6,11,14H,1-2,5,7-8H2. The van der Waals surface area contributed by atoms with Gasteiger partial charge in [-0.2, -0.15) is 0 Å². The predicted octanol–water partition coefficient (Wildman–Crippen LogP) is 2.06. The maximum atomic E-state index is 6.02. The van der Waals surface area contributed by atoms with Gasteiger partial charge >= 0.3 is 0 Å². The van der Waals surface area contributed by atoms with Crippen molar-refractivity contribution in [3.8, 4) is 0 Å². The number of fused-ring (bicyclic) bond motifs is 1. The number of anilines is 1. The first-order chi connectivity index (χ1) is 7.34. The summed E-state index contributed by atoms with van der Waals surface area (Å²) in [7, 11) is 0. The summed E-state index contributed by atoms with van der Waals surface area (Å²) < 4.78 is 0. The summed E-state index contributed by atoms with van der Waals surface area (Å²) in [5.41, 5.74) is 2.82. The smallest absolute Gasteiger partial charge is 0.0539 e. The van der Waals surface area contributed by atoms with E-state index in [0.29, 0.717) is 6.04 Å². The SMILES string of the molecule is Clc1ccc2c(c1)CCCN2C1CNC1. The topological polar surface area (TPSA) is 15.3 Å². The molecule has 0 aliphatic carbocycles. The van der Waals surface area contributed by atoms with Crippen LogP contribution in [0.2, 0.25) is 5.02 Å². The van der Waals surface area contributed by atoms with Crippen LogP contribution in [0.1, 0.15) is 12.0 Å². The van der Waals surface area contributed by atoms with Crippen molar-refractivity contribution in [3.05, 3.63) is 28.8 Å². The molecule has 0 atom stereocenters. The predicted molar refractivity (Wildman–Crippen MR) is 63.8 cm³/mol. The monoisotopic (exact) mass is 222 g/mol. The molecule has 1 fully saturated rings. The molecule has 0 amide bonds. The van der Waals surface area contributed by atoms with Crippen molar-refractivity contribution in [1.29, 1.82) is 0 Å². The molecule has 1 aromatic rings. The summed E-state index contributed by atoms with van der Waals surface area (Å²) in [5.74, 6) is 0. The molecule has 0 unspecified atom stereocenters. The van der Waals surface area contributed by atoms with Crippen molar-refractivity contribution in [1.82, 2.24) is 5.32 Å². The Morgan fingerprint density at radius 3 is 2.93 bits per heavy atom. The van der Waals surface area contributed by atoms with Crippen LogP contribution in [0.15, 0.2) is 18.2 Å². The fourth-order valence-electron chi connectivity index (χ4n) is 2.47. The Morgan fingerprint density at radius 1 is 1.33 bits per heavy atom. The number of nitrogens with one attached hydrogen (secondary N) is 1. The molecule has 2 aliphatic rings. The van der Waals surface area contributed by atoms with Crippen LogP contribution < -0.4 is 10.2 Å². The van der Waals surface area contributed by atoms with Gasteiger partial charge in [0.05, 0.1) is 6.04 Å². The molecule has 0 saturated carbocycles. The van der Waals surface area contributed by atoms with Gasteiger partial charge in [-0.3, -0.25) is 0 Å². The third-order valence-corrected chi connectivity index (χ3v) is 3.63. The van der Waals surface area contributed by atoms with Gasteiger partial charge < -0.3 is 10.2 Å². The number of halogens is 1. The van der Waals surface area contributed by atoms with E-state index in [1.807, 2.05) is 6.07 Å². The molecule has 0 radical (unpaired) electrons. The number of benzene rings is 1. The molecule has 1 N–H and O–H groups in total. The van der Waals surface area contributed by atoms with E-state index >= 15 is 0 Å². The maximum absolute atomic E-state index is 6.02. The first kappa shape index (κ1) is 9.49. The van der Waals surface area contributed by atoms with Gasteiger partial charge in [0.2, 0.25) is 0 Å². The van der Waals surface area contributed by atoms with Crippen LogP contribution in [0.5, 0.6) is 0 Å². The second kappa shape index (κ2) is 3.69. The van der Waals surface area contributed by atoms with Crippen molar-refractivity contribution >= 4 is 17.3 Å². The highest BCUT2D eigenvalue weighted by Gasteiger charge is 2.28. The molecule has 1 saturated heterocycles. The highest BCUT2D eigenvalue weighted by atomic mass is 35.5. The van der Waals surface area contributed by atoms with Crippen LogP contribution >= 0.6 is 11.6 Å². The van der Waals surface area contributed by atoms with Crippen LogP contribution in [0.25, 0.3) is 0 Å². The van der Waals surface area contributed by atoms with E-state index in [9.17, 15) is 0 Å². The first-order valence-electron chi connectivity index (χ1n) is 5.60. The highest BCUT2D eigenvalue weighted by Crippen LogP contribution is 2.31. The largest absolute Gasteiger partial charge is 0.366 e. The number of hydrogen-bond acceptors (Lipinski definition) is 2. The molecule has 3 heteroatoms. The Hall–Kier alpha value is -0.730. The number of rotatable bonds is 1. The lowest BCUT2D eigenvalue weighted by Gasteiger charge is -2.43. The molecule has 2 heterocycles. The van der Waals surface area contributed by atoms with E-state index in [4.69, 9.17) is 11.6 Å². The van der Waals surface area contributed by atoms with Crippen molar-refractivity contribution in [2.75, 3.05) is 24.5 Å². The number of hydrogen-bond donors (Lipinski definition) is 1. The highest BCUT2D eigenvalue weighted by molar-refractivity contribution is 6.30. The van der Waals surface area contributed by atoms with Gasteiger partial charge in [-0.1, -0.05) is 11.6 Å². The summed E-state index contributed by atoms with van der Waals surface area (Å²) in [6, 6.07) is 7.00. The van der Waals surface area contributed by atoms with Gasteiger partial charge in [0.1, 0.15) is 0 Å². The molecule has 0 aromatic heterocycles. The maximum Gasteiger partial charge on any atom is 0.0539 e. The lowest BCUT2D eigenvalue weighted by Crippen LogP contribution is -2.58. The van der Waals surface area contributed by atoms with Gasteiger partial charge in [0.25, 0.3) is 0 Å². The summed E-state index contributed by atoms with van der Waals surface area (Å²) in [6.45, 7) is 3.45. The molecule has 15 heavy (non-hydrogen) atoms. The lowest BCUT2D eigenvalue weighted by atomic mass is 9.98. The summed E-state index contributed by atoms with van der Waals surface area (Å²) in [5, 5.41) is 4.20.